The fourth-order valence-corrected chi connectivity index (χ4v) is 6.77. The van der Waals surface area contributed by atoms with E-state index in [9.17, 15) is 14.4 Å². The number of rotatable bonds is 7. The number of carbonyl (C=O) groups excluding carboxylic acids is 3. The molecule has 4 heterocycles. The monoisotopic (exact) mass is 516 g/mol. The summed E-state index contributed by atoms with van der Waals surface area (Å²) in [6, 6.07) is 3.48. The number of alkyl halides is 1. The third-order valence-electron chi connectivity index (χ3n) is 7.31. The molecule has 2 unspecified atom stereocenters. The zero-order valence-corrected chi connectivity index (χ0v) is 21.2. The number of thiazole rings is 1. The number of nitrogens with zero attached hydrogens (tertiary/aromatic N) is 3. The molecule has 0 spiro atoms. The molecule has 3 aliphatic rings. The van der Waals surface area contributed by atoms with Crippen molar-refractivity contribution in [3.63, 3.8) is 0 Å². The predicted molar refractivity (Wildman–Crippen MR) is 133 cm³/mol. The zero-order valence-electron chi connectivity index (χ0n) is 19.6. The molecule has 0 radical (unpaired) electrons. The maximum absolute atomic E-state index is 13.2. The van der Waals surface area contributed by atoms with Crippen molar-refractivity contribution in [2.75, 3.05) is 19.7 Å². The van der Waals surface area contributed by atoms with Crippen LogP contribution < -0.4 is 5.32 Å². The van der Waals surface area contributed by atoms with Crippen LogP contribution >= 0.6 is 22.9 Å². The van der Waals surface area contributed by atoms with Gasteiger partial charge in [-0.1, -0.05) is 19.8 Å². The molecular formula is C25H29ClN4O4S. The Morgan fingerprint density at radius 3 is 2.94 bits per heavy atom. The number of ketones is 2. The van der Waals surface area contributed by atoms with Crippen LogP contribution in [-0.2, 0) is 20.7 Å². The topological polar surface area (TPSA) is 101 Å². The number of halogens is 1. The molecule has 2 aromatic rings. The smallest absolute Gasteiger partial charge is 0.280 e. The van der Waals surface area contributed by atoms with Crippen molar-refractivity contribution in [2.45, 2.75) is 62.6 Å². The van der Waals surface area contributed by atoms with Gasteiger partial charge in [0.2, 0.25) is 0 Å². The van der Waals surface area contributed by atoms with Crippen molar-refractivity contribution >= 4 is 40.4 Å². The summed E-state index contributed by atoms with van der Waals surface area (Å²) in [6.07, 6.45) is 7.52. The average Bonchev–Trinajstić information content (AvgIpc) is 3.60. The fourth-order valence-electron chi connectivity index (χ4n) is 5.57. The molecule has 1 saturated carbocycles. The Morgan fingerprint density at radius 2 is 2.11 bits per heavy atom. The van der Waals surface area contributed by atoms with Gasteiger partial charge in [-0.05, 0) is 37.0 Å². The van der Waals surface area contributed by atoms with E-state index in [1.165, 1.54) is 11.3 Å². The molecule has 35 heavy (non-hydrogen) atoms. The maximum atomic E-state index is 13.2. The lowest BCUT2D eigenvalue weighted by molar-refractivity contribution is -0.128. The second-order valence-electron chi connectivity index (χ2n) is 9.43. The highest BCUT2D eigenvalue weighted by Gasteiger charge is 2.53. The molecule has 1 amide bonds. The van der Waals surface area contributed by atoms with Crippen LogP contribution in [0.25, 0.3) is 10.4 Å². The first-order chi connectivity index (χ1) is 17.0. The minimum Gasteiger partial charge on any atom is -0.367 e. The van der Waals surface area contributed by atoms with E-state index in [0.717, 1.165) is 48.2 Å². The van der Waals surface area contributed by atoms with E-state index in [1.807, 2.05) is 19.1 Å². The molecule has 2 aromatic heterocycles. The Morgan fingerprint density at radius 1 is 1.29 bits per heavy atom. The molecule has 5 atom stereocenters. The summed E-state index contributed by atoms with van der Waals surface area (Å²) < 4.78 is 5.62. The van der Waals surface area contributed by atoms with Gasteiger partial charge in [-0.2, -0.15) is 0 Å². The van der Waals surface area contributed by atoms with Gasteiger partial charge in [0.05, 0.1) is 28.9 Å². The number of ether oxygens (including phenoxy) is 1. The molecule has 10 heteroatoms. The largest absolute Gasteiger partial charge is 0.367 e. The van der Waals surface area contributed by atoms with E-state index in [2.05, 4.69) is 20.2 Å². The van der Waals surface area contributed by atoms with Crippen molar-refractivity contribution in [1.82, 2.24) is 20.2 Å². The number of hydrogen-bond acceptors (Lipinski definition) is 8. The summed E-state index contributed by atoms with van der Waals surface area (Å²) in [7, 11) is 0. The quantitative estimate of drug-likeness (QED) is 0.564. The maximum Gasteiger partial charge on any atom is 0.280 e. The molecule has 3 fully saturated rings. The SMILES string of the molecule is CCc1cc(-c2cnc(C(=O)NCC(=O)C3CCCCC3N3C[C@H](Cl)[C@H]4OCC(=O)[C@H]43)s2)ccn1. The van der Waals surface area contributed by atoms with Crippen LogP contribution in [0.4, 0.5) is 0 Å². The van der Waals surface area contributed by atoms with Crippen LogP contribution in [0.5, 0.6) is 0 Å². The minimum atomic E-state index is -0.361. The summed E-state index contributed by atoms with van der Waals surface area (Å²) in [5.74, 6) is -0.560. The number of nitrogens with one attached hydrogen (secondary N) is 1. The van der Waals surface area contributed by atoms with Crippen LogP contribution in [0, 0.1) is 5.92 Å². The van der Waals surface area contributed by atoms with Crippen LogP contribution in [0.3, 0.4) is 0 Å². The van der Waals surface area contributed by atoms with Gasteiger partial charge in [-0.15, -0.1) is 22.9 Å². The summed E-state index contributed by atoms with van der Waals surface area (Å²) in [5, 5.41) is 2.84. The second kappa shape index (κ2) is 10.4. The number of Topliss-reactive ketones (excluding diaryl/α,β-unsaturated/α-hetero) is 2. The molecule has 8 nitrogen and oxygen atoms in total. The van der Waals surface area contributed by atoms with Crippen molar-refractivity contribution < 1.29 is 19.1 Å². The highest BCUT2D eigenvalue weighted by atomic mass is 35.5. The zero-order chi connectivity index (χ0) is 24.5. The van der Waals surface area contributed by atoms with Gasteiger partial charge in [0.15, 0.2) is 16.6 Å². The molecule has 2 saturated heterocycles. The summed E-state index contributed by atoms with van der Waals surface area (Å²) in [5.41, 5.74) is 1.95. The lowest BCUT2D eigenvalue weighted by Gasteiger charge is -2.39. The number of aromatic nitrogens is 2. The van der Waals surface area contributed by atoms with Crippen LogP contribution in [0.1, 0.15) is 48.1 Å². The minimum absolute atomic E-state index is 0.0116. The number of aryl methyl sites for hydroxylation is 1. The van der Waals surface area contributed by atoms with Gasteiger partial charge in [-0.25, -0.2) is 4.98 Å². The van der Waals surface area contributed by atoms with Gasteiger partial charge >= 0.3 is 0 Å². The number of amides is 1. The molecule has 5 rings (SSSR count). The Hall–Kier alpha value is -2.20. The Bertz CT molecular complexity index is 1120. The lowest BCUT2D eigenvalue weighted by Crippen LogP contribution is -2.52. The lowest BCUT2D eigenvalue weighted by atomic mass is 9.80. The number of likely N-dealkylation sites (tertiary alicyclic amines) is 1. The van der Waals surface area contributed by atoms with Gasteiger partial charge in [0, 0.05) is 36.6 Å². The van der Waals surface area contributed by atoms with E-state index < -0.39 is 0 Å². The van der Waals surface area contributed by atoms with Gasteiger partial charge in [0.25, 0.3) is 5.91 Å². The van der Waals surface area contributed by atoms with E-state index >= 15 is 0 Å². The van der Waals surface area contributed by atoms with Crippen molar-refractivity contribution in [3.05, 3.63) is 35.2 Å². The number of pyridine rings is 1. The molecule has 2 aliphatic heterocycles. The average molecular weight is 517 g/mol. The molecule has 1 aliphatic carbocycles. The second-order valence-corrected chi connectivity index (χ2v) is 11.0. The van der Waals surface area contributed by atoms with Crippen molar-refractivity contribution in [3.8, 4) is 10.4 Å². The first kappa shape index (κ1) is 24.5. The number of hydrogen-bond donors (Lipinski definition) is 1. The van der Waals surface area contributed by atoms with E-state index in [-0.39, 0.29) is 60.1 Å². The molecule has 0 bridgehead atoms. The summed E-state index contributed by atoms with van der Waals surface area (Å²) in [4.78, 5) is 50.0. The highest BCUT2D eigenvalue weighted by molar-refractivity contribution is 7.17. The standard InChI is InChI=1S/C25H29ClN4O4S/c1-2-15-9-14(7-8-27-15)21-11-29-25(35-21)24(33)28-10-19(31)16-5-3-4-6-18(16)30-12-17(26)23-22(30)20(32)13-34-23/h7-9,11,16-18,22-23H,2-6,10,12-13H2,1H3,(H,28,33)/t16?,17-,18?,22+,23+/m0/s1. The number of fused-ring (bicyclic) bond motifs is 1. The van der Waals surface area contributed by atoms with Crippen LogP contribution in [-0.4, -0.2) is 75.6 Å². The molecule has 0 aromatic carbocycles. The Balaban J connectivity index is 1.23. The first-order valence-corrected chi connectivity index (χ1v) is 13.5. The molecule has 186 valence electrons. The molecular weight excluding hydrogens is 488 g/mol. The van der Waals surface area contributed by atoms with E-state index in [0.29, 0.717) is 11.6 Å². The van der Waals surface area contributed by atoms with Gasteiger partial charge < -0.3 is 10.1 Å². The highest BCUT2D eigenvalue weighted by Crippen LogP contribution is 2.38. The predicted octanol–water partition coefficient (Wildman–Crippen LogP) is 2.88. The van der Waals surface area contributed by atoms with Crippen LogP contribution in [0.15, 0.2) is 24.5 Å². The van der Waals surface area contributed by atoms with E-state index in [1.54, 1.807) is 12.4 Å². The van der Waals surface area contributed by atoms with Crippen molar-refractivity contribution in [2.24, 2.45) is 5.92 Å². The third-order valence-corrected chi connectivity index (χ3v) is 8.75. The van der Waals surface area contributed by atoms with Crippen molar-refractivity contribution in [1.29, 1.82) is 0 Å². The summed E-state index contributed by atoms with van der Waals surface area (Å²) in [6.45, 7) is 2.62. The summed E-state index contributed by atoms with van der Waals surface area (Å²) >= 11 is 7.78. The fraction of sp³-hybridized carbons (Fsp3) is 0.560. The number of carbonyl (C=O) groups is 3. The third kappa shape index (κ3) is 4.91. The first-order valence-electron chi connectivity index (χ1n) is 12.2. The van der Waals surface area contributed by atoms with E-state index in [4.69, 9.17) is 16.3 Å². The Labute approximate surface area is 213 Å². The van der Waals surface area contributed by atoms with Crippen LogP contribution in [0.2, 0.25) is 0 Å². The van der Waals surface area contributed by atoms with Gasteiger partial charge in [0.1, 0.15) is 6.61 Å². The normalized spacial score (nSPS) is 28.7. The Kier molecular flexibility index (Phi) is 7.29. The molecule has 1 N–H and O–H groups in total. The van der Waals surface area contributed by atoms with Gasteiger partial charge in [-0.3, -0.25) is 24.3 Å².